The van der Waals surface area contributed by atoms with E-state index >= 15 is 0 Å². The van der Waals surface area contributed by atoms with Crippen molar-refractivity contribution in [3.63, 3.8) is 0 Å². The Morgan fingerprint density at radius 3 is 1.75 bits per heavy atom. The van der Waals surface area contributed by atoms with Crippen LogP contribution in [0.4, 0.5) is 0 Å². The van der Waals surface area contributed by atoms with Crippen LogP contribution >= 0.6 is 0 Å². The van der Waals surface area contributed by atoms with Crippen LogP contribution in [0, 0.1) is 28.0 Å². The number of hydrogen-bond donors (Lipinski definition) is 0. The molecule has 0 N–H and O–H groups in total. The number of ether oxygens (including phenoxy) is 2. The van der Waals surface area contributed by atoms with Crippen LogP contribution in [0.15, 0.2) is 18.2 Å². The molecule has 2 rings (SSSR count). The molecule has 1 heterocycles. The molecule has 0 bridgehead atoms. The third kappa shape index (κ3) is 43.6. The van der Waals surface area contributed by atoms with Gasteiger partial charge in [-0.05, 0) is 0 Å². The molecule has 0 amide bonds. The summed E-state index contributed by atoms with van der Waals surface area (Å²) >= 11 is 0. The fourth-order valence-corrected chi connectivity index (χ4v) is 0.636. The van der Waals surface area contributed by atoms with Crippen LogP contribution in [-0.4, -0.2) is 39.7 Å². The van der Waals surface area contributed by atoms with Gasteiger partial charge >= 0.3 is 0 Å². The first-order valence-corrected chi connectivity index (χ1v) is 4.50. The van der Waals surface area contributed by atoms with Gasteiger partial charge in [-0.15, -0.1) is 6.42 Å². The topological polar surface area (TPSA) is 73.0 Å². The van der Waals surface area contributed by atoms with Crippen LogP contribution < -0.4 is 0 Å². The van der Waals surface area contributed by atoms with E-state index in [4.69, 9.17) is 19.1 Å². The van der Waals surface area contributed by atoms with Gasteiger partial charge in [-0.2, -0.15) is 6.08 Å². The Morgan fingerprint density at radius 2 is 1.65 bits per heavy atom. The summed E-state index contributed by atoms with van der Waals surface area (Å²) in [6.45, 7) is 7.51. The van der Waals surface area contributed by atoms with Gasteiger partial charge in [0.05, 0.1) is 6.61 Å². The Balaban J connectivity index is -0.0000000325. The van der Waals surface area contributed by atoms with Crippen LogP contribution in [0.2, 0.25) is 0 Å². The Hall–Kier alpha value is -1.07. The maximum atomic E-state index is 8.00. The van der Waals surface area contributed by atoms with Gasteiger partial charge in [0.15, 0.2) is 0 Å². The van der Waals surface area contributed by atoms with E-state index < -0.39 is 0 Å². The summed E-state index contributed by atoms with van der Waals surface area (Å²) in [5.41, 5.74) is 0. The molecule has 5 nitrogen and oxygen atoms in total. The van der Waals surface area contributed by atoms with Gasteiger partial charge in [-0.25, -0.2) is 19.3 Å². The Morgan fingerprint density at radius 1 is 1.20 bits per heavy atom. The molecule has 0 saturated carbocycles. The molecule has 20 heavy (non-hydrogen) atoms. The summed E-state index contributed by atoms with van der Waals surface area (Å²) in [5.74, 6) is 0. The largest absolute Gasteiger partial charge is 0.553 e. The summed E-state index contributed by atoms with van der Waals surface area (Å²) in [7, 11) is 3.19. The molecular weight excluding hydrogens is 303 g/mol. The van der Waals surface area contributed by atoms with Crippen LogP contribution in [0.25, 0.3) is 0 Å². The van der Waals surface area contributed by atoms with Crippen molar-refractivity contribution < 1.29 is 40.9 Å². The molecule has 1 radical (unpaired) electrons. The maximum absolute atomic E-state index is 8.00. The van der Waals surface area contributed by atoms with Gasteiger partial charge in [-0.3, -0.25) is 6.08 Å². The van der Waals surface area contributed by atoms with Crippen molar-refractivity contribution in [2.45, 2.75) is 12.5 Å². The quantitative estimate of drug-likeness (QED) is 0.440. The average molecular weight is 327 g/mol. The van der Waals surface area contributed by atoms with Gasteiger partial charge in [0.2, 0.25) is 0 Å². The molecule has 1 atom stereocenters. The third-order valence-corrected chi connectivity index (χ3v) is 1.29. The molecule has 0 aromatic carbocycles. The molecule has 1 unspecified atom stereocenters. The van der Waals surface area contributed by atoms with Crippen LogP contribution in [0.1, 0.15) is 6.42 Å². The molecule has 1 aliphatic heterocycles. The number of allylic oxidation sites excluding steroid dienone is 4. The Kier molecular flexibility index (Phi) is 78.3. The monoisotopic (exact) mass is 327 g/mol. The second-order valence-electron chi connectivity index (χ2n) is 2.33. The first kappa shape index (κ1) is 36.4. The maximum Gasteiger partial charge on any atom is 0.106 e. The zero-order valence-corrected chi connectivity index (χ0v) is 13.4. The van der Waals surface area contributed by atoms with Crippen molar-refractivity contribution in [2.75, 3.05) is 13.2 Å². The predicted molar refractivity (Wildman–Crippen MR) is 76.8 cm³/mol. The number of rotatable bonds is 2. The second-order valence-corrected chi connectivity index (χ2v) is 2.33. The minimum Gasteiger partial charge on any atom is -0.553 e. The van der Waals surface area contributed by atoms with E-state index in [2.05, 4.69) is 24.0 Å². The zero-order valence-electron chi connectivity index (χ0n) is 12.2. The standard InChI is InChI=1S/C5H5.C4H7O2.3CH2O.2CH3.Mn/c1-2-4-5-3-1;1-5-2-4-3-6-4;3*1-2;;;/h1-3H,4H2;4H,1-3H2;3*1H2;2*1H3;/q2*-1;;;;2*-1;. The molecule has 1 saturated heterocycles. The van der Waals surface area contributed by atoms with Gasteiger partial charge in [-0.1, -0.05) is 0 Å². The third-order valence-electron chi connectivity index (χ3n) is 1.29. The summed E-state index contributed by atoms with van der Waals surface area (Å²) in [6, 6.07) is 0. The molecule has 0 spiro atoms. The molecule has 1 fully saturated rings. The summed E-state index contributed by atoms with van der Waals surface area (Å²) in [4.78, 5) is 24.0. The molecule has 6 heteroatoms. The van der Waals surface area contributed by atoms with Gasteiger partial charge in [0, 0.05) is 23.7 Å². The van der Waals surface area contributed by atoms with E-state index in [1.807, 2.05) is 32.5 Å². The number of hydrogen-bond acceptors (Lipinski definition) is 5. The van der Waals surface area contributed by atoms with Crippen molar-refractivity contribution in [3.8, 4) is 0 Å². The van der Waals surface area contributed by atoms with E-state index in [9.17, 15) is 0 Å². The van der Waals surface area contributed by atoms with Gasteiger partial charge < -0.3 is 38.7 Å². The number of carbonyl (C=O) groups excluding carboxylic acids is 3. The summed E-state index contributed by atoms with van der Waals surface area (Å²) < 4.78 is 9.27. The number of carbonyl (C=O) groups is 3. The van der Waals surface area contributed by atoms with E-state index in [0.29, 0.717) is 12.7 Å². The van der Waals surface area contributed by atoms with Crippen LogP contribution in [0.5, 0.6) is 0 Å². The SMILES string of the molecule is C=O.C=O.C=O.[C-]1=CC=CC1.[CH2-]OCC1CO1.[CH3-].[CH3-].[Mn]. The Bertz CT molecular complexity index is 179. The van der Waals surface area contributed by atoms with E-state index in [1.165, 1.54) is 0 Å². The minimum atomic E-state index is 0. The van der Waals surface area contributed by atoms with Crippen molar-refractivity contribution in [2.24, 2.45) is 0 Å². The van der Waals surface area contributed by atoms with Crippen molar-refractivity contribution >= 4 is 20.4 Å². The summed E-state index contributed by atoms with van der Waals surface area (Å²) in [6.07, 6.45) is 10.4. The van der Waals surface area contributed by atoms with Crippen LogP contribution in [0.3, 0.4) is 0 Å². The van der Waals surface area contributed by atoms with Gasteiger partial charge in [0.25, 0.3) is 0 Å². The molecule has 1 aliphatic carbocycles. The zero-order chi connectivity index (χ0) is 13.9. The van der Waals surface area contributed by atoms with Crippen molar-refractivity contribution in [3.05, 3.63) is 46.3 Å². The first-order chi connectivity index (χ1) is 8.43. The van der Waals surface area contributed by atoms with E-state index in [1.54, 1.807) is 0 Å². The van der Waals surface area contributed by atoms with Crippen molar-refractivity contribution in [1.82, 2.24) is 0 Å². The Labute approximate surface area is 133 Å². The molecular formula is C14H24MnO5-4. The van der Waals surface area contributed by atoms with Crippen LogP contribution in [-0.2, 0) is 40.9 Å². The molecule has 121 valence electrons. The second kappa shape index (κ2) is 43.0. The van der Waals surface area contributed by atoms with Crippen molar-refractivity contribution in [1.29, 1.82) is 0 Å². The fourth-order valence-electron chi connectivity index (χ4n) is 0.636. The molecule has 2 aliphatic rings. The normalized spacial score (nSPS) is 14.2. The minimum absolute atomic E-state index is 0. The van der Waals surface area contributed by atoms with E-state index in [-0.39, 0.29) is 31.9 Å². The fraction of sp³-hybridized carbons (Fsp3) is 0.286. The summed E-state index contributed by atoms with van der Waals surface area (Å²) in [5, 5.41) is 0. The number of epoxide rings is 1. The smallest absolute Gasteiger partial charge is 0.106 e. The average Bonchev–Trinajstić information content (AvgIpc) is 3.06. The molecule has 0 aromatic rings. The first-order valence-electron chi connectivity index (χ1n) is 4.50. The molecule has 0 aromatic heterocycles. The van der Waals surface area contributed by atoms with Gasteiger partial charge in [0.1, 0.15) is 26.5 Å². The predicted octanol–water partition coefficient (Wildman–Crippen LogP) is 1.84. The van der Waals surface area contributed by atoms with E-state index in [0.717, 1.165) is 13.0 Å².